The quantitative estimate of drug-likeness (QED) is 0.514. The van der Waals surface area contributed by atoms with Crippen LogP contribution in [0.25, 0.3) is 0 Å². The Kier molecular flexibility index (Phi) is 7.64. The van der Waals surface area contributed by atoms with E-state index in [0.29, 0.717) is 0 Å². The van der Waals surface area contributed by atoms with Crippen molar-refractivity contribution in [1.82, 2.24) is 10.6 Å². The van der Waals surface area contributed by atoms with Crippen molar-refractivity contribution in [2.45, 2.75) is 64.5 Å². The molecule has 0 saturated heterocycles. The lowest BCUT2D eigenvalue weighted by Crippen LogP contribution is -2.52. The summed E-state index contributed by atoms with van der Waals surface area (Å²) < 4.78 is 0. The molecule has 0 aromatic heterocycles. The largest absolute Gasteiger partial charge is 0.481 e. The highest BCUT2D eigenvalue weighted by Gasteiger charge is 2.24. The summed E-state index contributed by atoms with van der Waals surface area (Å²) in [6.45, 7) is 5.71. The average molecular weight is 288 g/mol. The summed E-state index contributed by atoms with van der Waals surface area (Å²) in [6, 6.07) is -1.63. The molecule has 4 N–H and O–H groups in total. The molecule has 0 aromatic rings. The first kappa shape index (κ1) is 18.2. The summed E-state index contributed by atoms with van der Waals surface area (Å²) in [7, 11) is 0. The number of carbonyl (C=O) groups is 3. The second kappa shape index (κ2) is 8.39. The molecule has 0 rings (SSSR count). The van der Waals surface area contributed by atoms with Crippen LogP contribution in [0.15, 0.2) is 0 Å². The van der Waals surface area contributed by atoms with Crippen LogP contribution in [-0.2, 0) is 9.59 Å². The van der Waals surface area contributed by atoms with Crippen LogP contribution in [0.1, 0.15) is 52.9 Å². The van der Waals surface area contributed by atoms with Gasteiger partial charge in [-0.2, -0.15) is 0 Å². The van der Waals surface area contributed by atoms with E-state index in [1.807, 2.05) is 20.8 Å². The van der Waals surface area contributed by atoms with Gasteiger partial charge < -0.3 is 20.8 Å². The van der Waals surface area contributed by atoms with Crippen LogP contribution in [-0.4, -0.2) is 39.8 Å². The number of carboxylic acid groups (broad SMARTS) is 2. The standard InChI is InChI=1S/C13H24N2O5/c1-4-8-13(2,3)15-12(20)14-9(11(18)19)6-5-7-10(16)17/h9H,4-8H2,1-3H3,(H,16,17)(H,18,19)(H2,14,15,20)/t9-/m1/s1. The summed E-state index contributed by atoms with van der Waals surface area (Å²) in [4.78, 5) is 33.1. The molecule has 0 spiro atoms. The van der Waals surface area contributed by atoms with Gasteiger partial charge in [-0.25, -0.2) is 9.59 Å². The first-order valence-corrected chi connectivity index (χ1v) is 6.71. The zero-order valence-electron chi connectivity index (χ0n) is 12.2. The highest BCUT2D eigenvalue weighted by Crippen LogP contribution is 2.10. The molecule has 0 saturated carbocycles. The lowest BCUT2D eigenvalue weighted by Gasteiger charge is -2.27. The maximum Gasteiger partial charge on any atom is 0.326 e. The zero-order valence-corrected chi connectivity index (χ0v) is 12.2. The minimum absolute atomic E-state index is 0.0866. The third kappa shape index (κ3) is 8.34. The van der Waals surface area contributed by atoms with E-state index in [9.17, 15) is 14.4 Å². The van der Waals surface area contributed by atoms with E-state index in [0.717, 1.165) is 12.8 Å². The fourth-order valence-electron chi connectivity index (χ4n) is 1.90. The minimum Gasteiger partial charge on any atom is -0.481 e. The Hall–Kier alpha value is -1.79. The van der Waals surface area contributed by atoms with Gasteiger partial charge in [-0.1, -0.05) is 13.3 Å². The summed E-state index contributed by atoms with van der Waals surface area (Å²) in [5.41, 5.74) is -0.414. The van der Waals surface area contributed by atoms with Crippen molar-refractivity contribution >= 4 is 18.0 Å². The smallest absolute Gasteiger partial charge is 0.326 e. The van der Waals surface area contributed by atoms with Crippen LogP contribution < -0.4 is 10.6 Å². The third-order valence-electron chi connectivity index (χ3n) is 2.81. The van der Waals surface area contributed by atoms with E-state index in [2.05, 4.69) is 10.6 Å². The molecule has 2 amide bonds. The molecular formula is C13H24N2O5. The molecule has 7 heteroatoms. The molecule has 116 valence electrons. The van der Waals surface area contributed by atoms with Crippen LogP contribution in [0, 0.1) is 0 Å². The van der Waals surface area contributed by atoms with E-state index in [-0.39, 0.29) is 19.3 Å². The normalized spacial score (nSPS) is 12.6. The van der Waals surface area contributed by atoms with Crippen LogP contribution in [0.3, 0.4) is 0 Å². The van der Waals surface area contributed by atoms with E-state index in [4.69, 9.17) is 10.2 Å². The molecular weight excluding hydrogens is 264 g/mol. The summed E-state index contributed by atoms with van der Waals surface area (Å²) in [5, 5.41) is 22.6. The lowest BCUT2D eigenvalue weighted by atomic mass is 9.99. The number of nitrogens with one attached hydrogen (secondary N) is 2. The van der Waals surface area contributed by atoms with Crippen LogP contribution in [0.4, 0.5) is 4.79 Å². The number of hydrogen-bond acceptors (Lipinski definition) is 3. The van der Waals surface area contributed by atoms with Gasteiger partial charge in [0.05, 0.1) is 0 Å². The average Bonchev–Trinajstić information content (AvgIpc) is 2.25. The number of carbonyl (C=O) groups excluding carboxylic acids is 1. The fraction of sp³-hybridized carbons (Fsp3) is 0.769. The van der Waals surface area contributed by atoms with E-state index in [1.165, 1.54) is 0 Å². The van der Waals surface area contributed by atoms with Gasteiger partial charge in [0.1, 0.15) is 6.04 Å². The molecule has 0 aromatic carbocycles. The Morgan fingerprint density at radius 1 is 1.20 bits per heavy atom. The Balaban J connectivity index is 4.34. The monoisotopic (exact) mass is 288 g/mol. The Morgan fingerprint density at radius 3 is 2.25 bits per heavy atom. The van der Waals surface area contributed by atoms with Gasteiger partial charge in [-0.05, 0) is 33.1 Å². The van der Waals surface area contributed by atoms with Crippen LogP contribution in [0.5, 0.6) is 0 Å². The van der Waals surface area contributed by atoms with Crippen molar-refractivity contribution in [2.75, 3.05) is 0 Å². The molecule has 0 radical (unpaired) electrons. The van der Waals surface area contributed by atoms with Crippen molar-refractivity contribution in [3.05, 3.63) is 0 Å². The Morgan fingerprint density at radius 2 is 1.80 bits per heavy atom. The van der Waals surface area contributed by atoms with Crippen LogP contribution in [0.2, 0.25) is 0 Å². The minimum atomic E-state index is -1.17. The van der Waals surface area contributed by atoms with Gasteiger partial charge in [-0.15, -0.1) is 0 Å². The predicted octanol–water partition coefficient (Wildman–Crippen LogP) is 1.57. The summed E-state index contributed by atoms with van der Waals surface area (Å²) >= 11 is 0. The van der Waals surface area contributed by atoms with Gasteiger partial charge in [0.25, 0.3) is 0 Å². The van der Waals surface area contributed by atoms with E-state index < -0.39 is 29.6 Å². The second-order valence-electron chi connectivity index (χ2n) is 5.41. The molecule has 0 aliphatic carbocycles. The number of rotatable bonds is 9. The summed E-state index contributed by atoms with van der Waals surface area (Å²) in [5.74, 6) is -2.15. The lowest BCUT2D eigenvalue weighted by molar-refractivity contribution is -0.140. The van der Waals surface area contributed by atoms with Crippen molar-refractivity contribution in [2.24, 2.45) is 0 Å². The third-order valence-corrected chi connectivity index (χ3v) is 2.81. The second-order valence-corrected chi connectivity index (χ2v) is 5.41. The molecule has 0 unspecified atom stereocenters. The number of hydrogen-bond donors (Lipinski definition) is 4. The molecule has 0 bridgehead atoms. The number of urea groups is 1. The van der Waals surface area contributed by atoms with Gasteiger partial charge in [0, 0.05) is 12.0 Å². The topological polar surface area (TPSA) is 116 Å². The summed E-state index contributed by atoms with van der Waals surface area (Å²) in [6.07, 6.45) is 1.84. The van der Waals surface area contributed by atoms with Gasteiger partial charge in [0.15, 0.2) is 0 Å². The van der Waals surface area contributed by atoms with Crippen molar-refractivity contribution in [3.63, 3.8) is 0 Å². The fourth-order valence-corrected chi connectivity index (χ4v) is 1.90. The van der Waals surface area contributed by atoms with Crippen molar-refractivity contribution in [3.8, 4) is 0 Å². The number of amides is 2. The molecule has 20 heavy (non-hydrogen) atoms. The highest BCUT2D eigenvalue weighted by molar-refractivity contribution is 5.82. The van der Waals surface area contributed by atoms with Crippen LogP contribution >= 0.6 is 0 Å². The Bertz CT molecular complexity index is 355. The maximum absolute atomic E-state index is 11.7. The number of carboxylic acids is 2. The molecule has 0 heterocycles. The maximum atomic E-state index is 11.7. The first-order valence-electron chi connectivity index (χ1n) is 6.71. The first-order chi connectivity index (χ1) is 9.18. The molecule has 7 nitrogen and oxygen atoms in total. The number of aliphatic carboxylic acids is 2. The van der Waals surface area contributed by atoms with E-state index in [1.54, 1.807) is 0 Å². The van der Waals surface area contributed by atoms with Gasteiger partial charge in [0.2, 0.25) is 0 Å². The van der Waals surface area contributed by atoms with Crippen molar-refractivity contribution < 1.29 is 24.6 Å². The SMILES string of the molecule is CCCC(C)(C)NC(=O)N[C@H](CCCC(=O)O)C(=O)O. The predicted molar refractivity (Wildman–Crippen MR) is 73.6 cm³/mol. The molecule has 0 fully saturated rings. The van der Waals surface area contributed by atoms with Crippen molar-refractivity contribution in [1.29, 1.82) is 0 Å². The molecule has 0 aliphatic rings. The van der Waals surface area contributed by atoms with E-state index >= 15 is 0 Å². The molecule has 1 atom stereocenters. The molecule has 0 aliphatic heterocycles. The zero-order chi connectivity index (χ0) is 15.8. The highest BCUT2D eigenvalue weighted by atomic mass is 16.4. The Labute approximate surface area is 118 Å². The van der Waals surface area contributed by atoms with Gasteiger partial charge in [-0.3, -0.25) is 4.79 Å². The van der Waals surface area contributed by atoms with Gasteiger partial charge >= 0.3 is 18.0 Å².